The molecule has 3 heteroatoms. The van der Waals surface area contributed by atoms with Crippen LogP contribution in [0.1, 0.15) is 17.5 Å². The molecule has 0 saturated carbocycles. The van der Waals surface area contributed by atoms with Gasteiger partial charge in [-0.05, 0) is 47.8 Å². The zero-order valence-corrected chi connectivity index (χ0v) is 13.9. The van der Waals surface area contributed by atoms with Crippen LogP contribution in [0.4, 0.5) is 0 Å². The Labute approximate surface area is 139 Å². The summed E-state index contributed by atoms with van der Waals surface area (Å²) in [6.07, 6.45) is 1.25. The fourth-order valence-corrected chi connectivity index (χ4v) is 5.33. The molecule has 2 aromatic rings. The summed E-state index contributed by atoms with van der Waals surface area (Å²) < 4.78 is -0.168. The first-order chi connectivity index (χ1) is 10.3. The Bertz CT molecular complexity index is 647. The van der Waals surface area contributed by atoms with Gasteiger partial charge in [0.2, 0.25) is 0 Å². The molecule has 1 aliphatic heterocycles. The van der Waals surface area contributed by atoms with Crippen LogP contribution in [0, 0.1) is 11.8 Å². The lowest BCUT2D eigenvalue weighted by Gasteiger charge is -2.31. The van der Waals surface area contributed by atoms with Crippen molar-refractivity contribution in [1.29, 1.82) is 0 Å². The third-order valence-electron chi connectivity index (χ3n) is 3.27. The number of thioether (sulfide) groups is 2. The van der Waals surface area contributed by atoms with Crippen molar-refractivity contribution < 1.29 is 0 Å². The lowest BCUT2D eigenvalue weighted by atomic mass is 10.1. The lowest BCUT2D eigenvalue weighted by molar-refractivity contribution is 1.05. The van der Waals surface area contributed by atoms with Crippen LogP contribution in [0.3, 0.4) is 0 Å². The minimum Gasteiger partial charge on any atom is -0.127 e. The third kappa shape index (κ3) is 3.61. The average Bonchev–Trinajstić information content (AvgIpc) is 2.55. The topological polar surface area (TPSA) is 0 Å². The highest BCUT2D eigenvalue weighted by Crippen LogP contribution is 2.50. The van der Waals surface area contributed by atoms with Gasteiger partial charge in [0, 0.05) is 10.6 Å². The summed E-state index contributed by atoms with van der Waals surface area (Å²) in [5.74, 6) is 9.17. The highest BCUT2D eigenvalue weighted by Gasteiger charge is 2.33. The van der Waals surface area contributed by atoms with E-state index < -0.39 is 0 Å². The van der Waals surface area contributed by atoms with Gasteiger partial charge >= 0.3 is 0 Å². The molecule has 3 rings (SSSR count). The first-order valence-corrected chi connectivity index (χ1v) is 9.26. The zero-order chi connectivity index (χ0) is 14.5. The highest BCUT2D eigenvalue weighted by atomic mass is 35.5. The molecule has 0 aliphatic carbocycles. The monoisotopic (exact) mass is 330 g/mol. The lowest BCUT2D eigenvalue weighted by Crippen LogP contribution is -2.20. The van der Waals surface area contributed by atoms with Crippen LogP contribution in [0.5, 0.6) is 0 Å². The molecule has 1 aliphatic rings. The van der Waals surface area contributed by atoms with Crippen molar-refractivity contribution in [1.82, 2.24) is 0 Å². The molecule has 0 amide bonds. The van der Waals surface area contributed by atoms with Crippen molar-refractivity contribution in [3.05, 3.63) is 70.7 Å². The maximum atomic E-state index is 6.02. The molecule has 0 unspecified atom stereocenters. The molecular weight excluding hydrogens is 316 g/mol. The molecule has 0 bridgehead atoms. The first kappa shape index (κ1) is 14.9. The normalized spacial score (nSPS) is 16.8. The van der Waals surface area contributed by atoms with Gasteiger partial charge in [-0.15, -0.1) is 23.5 Å². The summed E-state index contributed by atoms with van der Waals surface area (Å²) in [6, 6.07) is 18.3. The van der Waals surface area contributed by atoms with E-state index in [1.165, 1.54) is 12.0 Å². The summed E-state index contributed by atoms with van der Waals surface area (Å²) in [5.41, 5.74) is 2.31. The second kappa shape index (κ2) is 6.83. The molecule has 1 saturated heterocycles. The van der Waals surface area contributed by atoms with E-state index in [9.17, 15) is 0 Å². The van der Waals surface area contributed by atoms with Crippen LogP contribution in [-0.2, 0) is 4.08 Å². The van der Waals surface area contributed by atoms with E-state index in [2.05, 4.69) is 36.1 Å². The van der Waals surface area contributed by atoms with Gasteiger partial charge in [0.15, 0.2) is 0 Å². The number of halogens is 1. The average molecular weight is 331 g/mol. The summed E-state index contributed by atoms with van der Waals surface area (Å²) in [7, 11) is 0. The van der Waals surface area contributed by atoms with Crippen LogP contribution in [0.2, 0.25) is 5.02 Å². The van der Waals surface area contributed by atoms with Gasteiger partial charge in [0.05, 0.1) is 0 Å². The van der Waals surface area contributed by atoms with Crippen molar-refractivity contribution >= 4 is 35.1 Å². The molecule has 0 aromatic heterocycles. The molecule has 0 spiro atoms. The number of hydrogen-bond donors (Lipinski definition) is 0. The fourth-order valence-electron chi connectivity index (χ4n) is 2.19. The van der Waals surface area contributed by atoms with Crippen LogP contribution in [0.25, 0.3) is 0 Å². The molecule has 0 nitrogen and oxygen atoms in total. The standard InChI is InChI=1S/C18H15ClS2/c19-17-9-7-16(8-10-17)18(20-13-4-14-21-18)12-11-15-5-2-1-3-6-15/h1-3,5-10H,4,13-14H2. The quantitative estimate of drug-likeness (QED) is 0.641. The highest BCUT2D eigenvalue weighted by molar-refractivity contribution is 8.18. The van der Waals surface area contributed by atoms with Gasteiger partial charge in [0.25, 0.3) is 0 Å². The van der Waals surface area contributed by atoms with Gasteiger partial charge in [-0.3, -0.25) is 0 Å². The van der Waals surface area contributed by atoms with Gasteiger partial charge in [0.1, 0.15) is 4.08 Å². The number of rotatable bonds is 1. The van der Waals surface area contributed by atoms with E-state index in [1.807, 2.05) is 53.9 Å². The van der Waals surface area contributed by atoms with E-state index in [0.29, 0.717) is 0 Å². The van der Waals surface area contributed by atoms with E-state index in [0.717, 1.165) is 22.1 Å². The van der Waals surface area contributed by atoms with Crippen LogP contribution >= 0.6 is 35.1 Å². The minimum absolute atomic E-state index is 0.168. The molecule has 0 radical (unpaired) electrons. The Hall–Kier alpha value is -1.01. The molecule has 1 fully saturated rings. The van der Waals surface area contributed by atoms with Crippen molar-refractivity contribution in [3.8, 4) is 11.8 Å². The second-order valence-corrected chi connectivity index (χ2v) is 8.10. The number of hydrogen-bond acceptors (Lipinski definition) is 2. The minimum atomic E-state index is -0.168. The van der Waals surface area contributed by atoms with Gasteiger partial charge in [-0.2, -0.15) is 0 Å². The molecule has 106 valence electrons. The van der Waals surface area contributed by atoms with Crippen molar-refractivity contribution in [2.75, 3.05) is 11.5 Å². The smallest absolute Gasteiger partial charge is 0.127 e. The van der Waals surface area contributed by atoms with E-state index in [-0.39, 0.29) is 4.08 Å². The van der Waals surface area contributed by atoms with Crippen LogP contribution in [0.15, 0.2) is 54.6 Å². The summed E-state index contributed by atoms with van der Waals surface area (Å²) >= 11 is 9.89. The molecule has 1 heterocycles. The van der Waals surface area contributed by atoms with Crippen molar-refractivity contribution in [2.24, 2.45) is 0 Å². The van der Waals surface area contributed by atoms with Crippen molar-refractivity contribution in [2.45, 2.75) is 10.5 Å². The Kier molecular flexibility index (Phi) is 4.85. The fraction of sp³-hybridized carbons (Fsp3) is 0.222. The van der Waals surface area contributed by atoms with Gasteiger partial charge < -0.3 is 0 Å². The van der Waals surface area contributed by atoms with Crippen LogP contribution < -0.4 is 0 Å². The first-order valence-electron chi connectivity index (χ1n) is 6.91. The summed E-state index contributed by atoms with van der Waals surface area (Å²) in [4.78, 5) is 0. The largest absolute Gasteiger partial charge is 0.147 e. The van der Waals surface area contributed by atoms with Crippen LogP contribution in [-0.4, -0.2) is 11.5 Å². The zero-order valence-electron chi connectivity index (χ0n) is 11.5. The van der Waals surface area contributed by atoms with Gasteiger partial charge in [-0.1, -0.05) is 53.8 Å². The second-order valence-electron chi connectivity index (χ2n) is 4.79. The maximum Gasteiger partial charge on any atom is 0.147 e. The number of benzene rings is 2. The predicted octanol–water partition coefficient (Wildman–Crippen LogP) is 5.41. The Morgan fingerprint density at radius 2 is 1.57 bits per heavy atom. The van der Waals surface area contributed by atoms with E-state index in [1.54, 1.807) is 0 Å². The third-order valence-corrected chi connectivity index (χ3v) is 6.70. The molecular formula is C18H15ClS2. The molecule has 0 atom stereocenters. The Balaban J connectivity index is 1.98. The molecule has 2 aromatic carbocycles. The summed E-state index contributed by atoms with van der Waals surface area (Å²) in [6.45, 7) is 0. The summed E-state index contributed by atoms with van der Waals surface area (Å²) in [5, 5.41) is 0.774. The van der Waals surface area contributed by atoms with E-state index in [4.69, 9.17) is 11.6 Å². The van der Waals surface area contributed by atoms with Gasteiger partial charge in [-0.25, -0.2) is 0 Å². The van der Waals surface area contributed by atoms with Crippen molar-refractivity contribution in [3.63, 3.8) is 0 Å². The predicted molar refractivity (Wildman–Crippen MR) is 96.0 cm³/mol. The maximum absolute atomic E-state index is 6.02. The van der Waals surface area contributed by atoms with E-state index >= 15 is 0 Å². The Morgan fingerprint density at radius 1 is 0.905 bits per heavy atom. The SMILES string of the molecule is Clc1ccc(C2(C#Cc3ccccc3)SCCCS2)cc1. The Morgan fingerprint density at radius 3 is 2.24 bits per heavy atom. The molecule has 21 heavy (non-hydrogen) atoms. The molecule has 0 N–H and O–H groups in total.